The summed E-state index contributed by atoms with van der Waals surface area (Å²) in [4.78, 5) is 25.5. The van der Waals surface area contributed by atoms with Crippen molar-refractivity contribution in [3.05, 3.63) is 35.9 Å². The number of amides is 2. The van der Waals surface area contributed by atoms with E-state index in [9.17, 15) is 9.59 Å². The van der Waals surface area contributed by atoms with Gasteiger partial charge in [0, 0.05) is 30.9 Å². The lowest BCUT2D eigenvalue weighted by Crippen LogP contribution is -2.38. The number of nitrogens with one attached hydrogen (secondary N) is 1. The number of unbranched alkanes of at least 4 members (excludes halogenated alkanes) is 1. The lowest BCUT2D eigenvalue weighted by atomic mass is 10.2. The molecule has 1 fully saturated rings. The van der Waals surface area contributed by atoms with E-state index in [0.717, 1.165) is 30.2 Å². The SMILES string of the molecule is O=C(CCCCBr)N[C@@H]1CCN(C(=O)OCc2ccccc2)C1. The van der Waals surface area contributed by atoms with E-state index >= 15 is 0 Å². The van der Waals surface area contributed by atoms with Gasteiger partial charge >= 0.3 is 6.09 Å². The summed E-state index contributed by atoms with van der Waals surface area (Å²) in [5, 5.41) is 3.91. The van der Waals surface area contributed by atoms with Crippen LogP contribution in [0.4, 0.5) is 4.79 Å². The molecule has 0 bridgehead atoms. The van der Waals surface area contributed by atoms with Crippen molar-refractivity contribution in [2.45, 2.75) is 38.3 Å². The zero-order chi connectivity index (χ0) is 16.5. The maximum atomic E-state index is 12.0. The second kappa shape index (κ2) is 9.55. The molecule has 0 radical (unpaired) electrons. The maximum absolute atomic E-state index is 12.0. The third-order valence-electron chi connectivity index (χ3n) is 3.80. The number of rotatable bonds is 7. The maximum Gasteiger partial charge on any atom is 0.410 e. The molecule has 0 aromatic heterocycles. The molecule has 2 rings (SSSR count). The van der Waals surface area contributed by atoms with Gasteiger partial charge in [-0.2, -0.15) is 0 Å². The fourth-order valence-corrected chi connectivity index (χ4v) is 2.93. The summed E-state index contributed by atoms with van der Waals surface area (Å²) < 4.78 is 5.31. The first-order valence-electron chi connectivity index (χ1n) is 8.00. The van der Waals surface area contributed by atoms with Crippen LogP contribution in [0.25, 0.3) is 0 Å². The minimum Gasteiger partial charge on any atom is -0.445 e. The molecule has 23 heavy (non-hydrogen) atoms. The van der Waals surface area contributed by atoms with Gasteiger partial charge in [-0.15, -0.1) is 0 Å². The average Bonchev–Trinajstić information content (AvgIpc) is 3.02. The highest BCUT2D eigenvalue weighted by Gasteiger charge is 2.28. The lowest BCUT2D eigenvalue weighted by molar-refractivity contribution is -0.121. The van der Waals surface area contributed by atoms with Crippen LogP contribution in [0.15, 0.2) is 30.3 Å². The average molecular weight is 383 g/mol. The van der Waals surface area contributed by atoms with Crippen molar-refractivity contribution in [1.82, 2.24) is 10.2 Å². The summed E-state index contributed by atoms with van der Waals surface area (Å²) in [5.41, 5.74) is 0.969. The van der Waals surface area contributed by atoms with Crippen molar-refractivity contribution in [2.75, 3.05) is 18.4 Å². The molecule has 5 nitrogen and oxygen atoms in total. The lowest BCUT2D eigenvalue weighted by Gasteiger charge is -2.17. The zero-order valence-electron chi connectivity index (χ0n) is 13.2. The first kappa shape index (κ1) is 17.8. The Hall–Kier alpha value is -1.56. The largest absolute Gasteiger partial charge is 0.445 e. The van der Waals surface area contributed by atoms with Crippen LogP contribution in [0, 0.1) is 0 Å². The molecule has 1 aliphatic heterocycles. The van der Waals surface area contributed by atoms with Gasteiger partial charge in [0.05, 0.1) is 0 Å². The predicted octanol–water partition coefficient (Wildman–Crippen LogP) is 3.08. The van der Waals surface area contributed by atoms with Crippen LogP contribution in [-0.2, 0) is 16.1 Å². The Labute approximate surface area is 145 Å². The second-order valence-electron chi connectivity index (χ2n) is 5.69. The van der Waals surface area contributed by atoms with Crippen molar-refractivity contribution in [3.63, 3.8) is 0 Å². The number of ether oxygens (including phenoxy) is 1. The molecule has 0 aliphatic carbocycles. The van der Waals surface area contributed by atoms with Crippen LogP contribution in [-0.4, -0.2) is 41.4 Å². The minimum atomic E-state index is -0.315. The Morgan fingerprint density at radius 1 is 1.26 bits per heavy atom. The van der Waals surface area contributed by atoms with E-state index in [0.29, 0.717) is 19.5 Å². The van der Waals surface area contributed by atoms with Crippen molar-refractivity contribution >= 4 is 27.9 Å². The fraction of sp³-hybridized carbons (Fsp3) is 0.529. The monoisotopic (exact) mass is 382 g/mol. The summed E-state index contributed by atoms with van der Waals surface area (Å²) in [6.07, 6.45) is 2.89. The molecule has 1 aromatic carbocycles. The molecular formula is C17H23BrN2O3. The smallest absolute Gasteiger partial charge is 0.410 e. The minimum absolute atomic E-state index is 0.0377. The van der Waals surface area contributed by atoms with Gasteiger partial charge in [0.1, 0.15) is 6.61 Å². The number of hydrogen-bond donors (Lipinski definition) is 1. The molecule has 1 saturated heterocycles. The summed E-state index contributed by atoms with van der Waals surface area (Å²) >= 11 is 3.35. The van der Waals surface area contributed by atoms with Crippen molar-refractivity contribution in [3.8, 4) is 0 Å². The first-order valence-corrected chi connectivity index (χ1v) is 9.12. The zero-order valence-corrected chi connectivity index (χ0v) is 14.8. The van der Waals surface area contributed by atoms with E-state index in [2.05, 4.69) is 21.2 Å². The molecule has 0 spiro atoms. The van der Waals surface area contributed by atoms with E-state index in [1.165, 1.54) is 0 Å². The number of benzene rings is 1. The second-order valence-corrected chi connectivity index (χ2v) is 6.48. The molecule has 1 N–H and O–H groups in total. The molecule has 6 heteroatoms. The van der Waals surface area contributed by atoms with Gasteiger partial charge in [0.25, 0.3) is 0 Å². The summed E-state index contributed by atoms with van der Waals surface area (Å²) in [6.45, 7) is 1.43. The van der Waals surface area contributed by atoms with Crippen LogP contribution >= 0.6 is 15.9 Å². The van der Waals surface area contributed by atoms with Crippen LogP contribution in [0.2, 0.25) is 0 Å². The van der Waals surface area contributed by atoms with Crippen molar-refractivity contribution in [1.29, 1.82) is 0 Å². The molecule has 2 amide bonds. The number of halogens is 1. The normalized spacial score (nSPS) is 17.1. The van der Waals surface area contributed by atoms with Gasteiger partial charge in [-0.25, -0.2) is 4.79 Å². The molecule has 1 aromatic rings. The van der Waals surface area contributed by atoms with Crippen LogP contribution in [0.5, 0.6) is 0 Å². The number of alkyl halides is 1. The number of hydrogen-bond acceptors (Lipinski definition) is 3. The Kier molecular flexibility index (Phi) is 7.39. The van der Waals surface area contributed by atoms with E-state index in [-0.39, 0.29) is 24.6 Å². The van der Waals surface area contributed by atoms with E-state index in [1.54, 1.807) is 4.90 Å². The standard InChI is InChI=1S/C17H23BrN2O3/c18-10-5-4-8-16(21)19-15-9-11-20(12-15)17(22)23-13-14-6-2-1-3-7-14/h1-3,6-7,15H,4-5,8-13H2,(H,19,21)/t15-/m1/s1. The van der Waals surface area contributed by atoms with Crippen molar-refractivity contribution in [2.24, 2.45) is 0 Å². The first-order chi connectivity index (χ1) is 11.2. The summed E-state index contributed by atoms with van der Waals surface area (Å²) in [5.74, 6) is 0.0652. The van der Waals surface area contributed by atoms with Gasteiger partial charge < -0.3 is 15.0 Å². The Morgan fingerprint density at radius 2 is 2.04 bits per heavy atom. The molecule has 1 aliphatic rings. The van der Waals surface area contributed by atoms with E-state index in [4.69, 9.17) is 4.74 Å². The highest BCUT2D eigenvalue weighted by atomic mass is 79.9. The number of nitrogens with zero attached hydrogens (tertiary/aromatic N) is 1. The van der Waals surface area contributed by atoms with Crippen LogP contribution < -0.4 is 5.32 Å². The third-order valence-corrected chi connectivity index (χ3v) is 4.36. The molecule has 0 unspecified atom stereocenters. The number of likely N-dealkylation sites (tertiary alicyclic amines) is 1. The highest BCUT2D eigenvalue weighted by molar-refractivity contribution is 9.09. The van der Waals surface area contributed by atoms with Gasteiger partial charge in [0.2, 0.25) is 5.91 Å². The topological polar surface area (TPSA) is 58.6 Å². The Balaban J connectivity index is 1.67. The molecule has 1 atom stereocenters. The predicted molar refractivity (Wildman–Crippen MR) is 92.4 cm³/mol. The van der Waals surface area contributed by atoms with Gasteiger partial charge in [-0.05, 0) is 24.8 Å². The molecular weight excluding hydrogens is 360 g/mol. The summed E-state index contributed by atoms with van der Waals surface area (Å²) in [6, 6.07) is 9.65. The van der Waals surface area contributed by atoms with Crippen LogP contribution in [0.1, 0.15) is 31.2 Å². The molecule has 0 saturated carbocycles. The Morgan fingerprint density at radius 3 is 2.78 bits per heavy atom. The van der Waals surface area contributed by atoms with Gasteiger partial charge in [-0.1, -0.05) is 46.3 Å². The quantitative estimate of drug-likeness (QED) is 0.582. The van der Waals surface area contributed by atoms with Crippen LogP contribution in [0.3, 0.4) is 0 Å². The van der Waals surface area contributed by atoms with E-state index in [1.807, 2.05) is 30.3 Å². The number of carbonyl (C=O) groups is 2. The number of carbonyl (C=O) groups excluding carboxylic acids is 2. The van der Waals surface area contributed by atoms with Gasteiger partial charge in [-0.3, -0.25) is 4.79 Å². The molecule has 1 heterocycles. The van der Waals surface area contributed by atoms with Crippen molar-refractivity contribution < 1.29 is 14.3 Å². The van der Waals surface area contributed by atoms with E-state index < -0.39 is 0 Å². The van der Waals surface area contributed by atoms with Gasteiger partial charge in [0.15, 0.2) is 0 Å². The highest BCUT2D eigenvalue weighted by Crippen LogP contribution is 2.12. The Bertz CT molecular complexity index is 510. The fourth-order valence-electron chi connectivity index (χ4n) is 2.53. The third kappa shape index (κ3) is 6.22. The molecule has 126 valence electrons. The summed E-state index contributed by atoms with van der Waals surface area (Å²) in [7, 11) is 0.